The van der Waals surface area contributed by atoms with Crippen molar-refractivity contribution in [3.63, 3.8) is 0 Å². The highest BCUT2D eigenvalue weighted by atomic mass is 16.6. The molecule has 0 bridgehead atoms. The third kappa shape index (κ3) is 0.645. The molecule has 3 heteroatoms. The van der Waals surface area contributed by atoms with E-state index in [1.54, 1.807) is 0 Å². The molecule has 0 spiro atoms. The Balaban J connectivity index is 2.04. The summed E-state index contributed by atoms with van der Waals surface area (Å²) >= 11 is 0. The molecule has 3 fully saturated rings. The zero-order chi connectivity index (χ0) is 9.38. The Morgan fingerprint density at radius 2 is 2.38 bits per heavy atom. The van der Waals surface area contributed by atoms with Gasteiger partial charge in [-0.15, -0.1) is 0 Å². The lowest BCUT2D eigenvalue weighted by atomic mass is 9.60. The number of hydrogen-bond acceptors (Lipinski definition) is 3. The minimum atomic E-state index is -0.705. The largest absolute Gasteiger partial charge is 0.461 e. The summed E-state index contributed by atoms with van der Waals surface area (Å²) in [5.74, 6) is 0.0691. The van der Waals surface area contributed by atoms with E-state index >= 15 is 0 Å². The van der Waals surface area contributed by atoms with Crippen LogP contribution in [0.2, 0.25) is 0 Å². The van der Waals surface area contributed by atoms with Crippen LogP contribution in [0.5, 0.6) is 0 Å². The van der Waals surface area contributed by atoms with Crippen LogP contribution in [0.4, 0.5) is 0 Å². The molecule has 1 N–H and O–H groups in total. The fraction of sp³-hybridized carbons (Fsp3) is 0.700. The van der Waals surface area contributed by atoms with Gasteiger partial charge in [-0.1, -0.05) is 12.2 Å². The highest BCUT2D eigenvalue weighted by molar-refractivity contribution is 5.82. The molecule has 0 aromatic carbocycles. The molecule has 3 rings (SSSR count). The molecule has 13 heavy (non-hydrogen) atoms. The van der Waals surface area contributed by atoms with Crippen molar-refractivity contribution >= 4 is 5.97 Å². The first kappa shape index (κ1) is 7.56. The van der Waals surface area contributed by atoms with E-state index in [2.05, 4.69) is 6.58 Å². The maximum atomic E-state index is 11.3. The van der Waals surface area contributed by atoms with Crippen LogP contribution in [0.15, 0.2) is 12.2 Å². The number of aliphatic hydroxyl groups is 1. The maximum Gasteiger partial charge on any atom is 0.313 e. The fourth-order valence-corrected chi connectivity index (χ4v) is 3.33. The monoisotopic (exact) mass is 180 g/mol. The predicted molar refractivity (Wildman–Crippen MR) is 44.7 cm³/mol. The van der Waals surface area contributed by atoms with Gasteiger partial charge in [-0.25, -0.2) is 0 Å². The van der Waals surface area contributed by atoms with Crippen molar-refractivity contribution in [1.82, 2.24) is 0 Å². The van der Waals surface area contributed by atoms with Crippen molar-refractivity contribution in [2.24, 2.45) is 17.8 Å². The third-order valence-electron chi connectivity index (χ3n) is 3.80. The number of carbonyl (C=O) groups excluding carboxylic acids is 1. The van der Waals surface area contributed by atoms with Crippen LogP contribution in [0, 0.1) is 17.8 Å². The van der Waals surface area contributed by atoms with Gasteiger partial charge in [-0.2, -0.15) is 0 Å². The van der Waals surface area contributed by atoms with E-state index in [0.29, 0.717) is 6.42 Å². The highest BCUT2D eigenvalue weighted by Gasteiger charge is 2.69. The van der Waals surface area contributed by atoms with Gasteiger partial charge in [0.05, 0.1) is 11.5 Å². The molecule has 3 aliphatic rings. The Morgan fingerprint density at radius 1 is 1.69 bits per heavy atom. The van der Waals surface area contributed by atoms with Crippen molar-refractivity contribution in [3.05, 3.63) is 12.2 Å². The summed E-state index contributed by atoms with van der Waals surface area (Å²) in [6.07, 6.45) is 0.520. The zero-order valence-corrected chi connectivity index (χ0v) is 7.49. The average Bonchev–Trinajstić information content (AvgIpc) is 2.29. The van der Waals surface area contributed by atoms with Gasteiger partial charge in [0, 0.05) is 18.3 Å². The van der Waals surface area contributed by atoms with Crippen molar-refractivity contribution in [1.29, 1.82) is 0 Å². The molecular weight excluding hydrogens is 168 g/mol. The molecule has 1 heterocycles. The zero-order valence-electron chi connectivity index (χ0n) is 7.49. The normalized spacial score (nSPS) is 57.4. The summed E-state index contributed by atoms with van der Waals surface area (Å²) < 4.78 is 5.19. The van der Waals surface area contributed by atoms with Crippen LogP contribution < -0.4 is 0 Å². The summed E-state index contributed by atoms with van der Waals surface area (Å²) in [6.45, 7) is 5.68. The Labute approximate surface area is 76.4 Å². The molecule has 2 saturated carbocycles. The smallest absolute Gasteiger partial charge is 0.313 e. The SMILES string of the molecule is C=C1[C@H]2C(=O)O[C@H]3C[C@](C)(O)[C@@H]1[C@@H]23. The van der Waals surface area contributed by atoms with E-state index in [1.165, 1.54) is 0 Å². The first-order valence-corrected chi connectivity index (χ1v) is 4.64. The highest BCUT2D eigenvalue weighted by Crippen LogP contribution is 2.62. The molecule has 0 amide bonds. The summed E-state index contributed by atoms with van der Waals surface area (Å²) in [7, 11) is 0. The molecule has 0 aromatic rings. The molecule has 0 aromatic heterocycles. The first-order chi connectivity index (χ1) is 6.02. The topological polar surface area (TPSA) is 46.5 Å². The first-order valence-electron chi connectivity index (χ1n) is 4.64. The Bertz CT molecular complexity index is 318. The quantitative estimate of drug-likeness (QED) is 0.436. The lowest BCUT2D eigenvalue weighted by molar-refractivity contribution is -0.147. The molecule has 1 aliphatic heterocycles. The molecule has 0 radical (unpaired) electrons. The summed E-state index contributed by atoms with van der Waals surface area (Å²) in [5.41, 5.74) is 0.170. The van der Waals surface area contributed by atoms with E-state index in [0.717, 1.165) is 5.57 Å². The molecule has 70 valence electrons. The number of ether oxygens (including phenoxy) is 1. The lowest BCUT2D eigenvalue weighted by Crippen LogP contribution is -2.47. The standard InChI is InChI=1S/C10H12O3/c1-4-6-7-5(13-9(6)11)3-10(2,12)8(4)7/h5-8,12H,1,3H2,2H3/t5-,6+,7+,8-,10-/m0/s1. The third-order valence-corrected chi connectivity index (χ3v) is 3.80. The van der Waals surface area contributed by atoms with Crippen LogP contribution in [0.1, 0.15) is 13.3 Å². The van der Waals surface area contributed by atoms with Crippen molar-refractivity contribution in [3.8, 4) is 0 Å². The van der Waals surface area contributed by atoms with Gasteiger partial charge in [0.2, 0.25) is 0 Å². The van der Waals surface area contributed by atoms with Crippen LogP contribution >= 0.6 is 0 Å². The number of hydrogen-bond donors (Lipinski definition) is 1. The molecule has 2 aliphatic carbocycles. The van der Waals surface area contributed by atoms with Crippen LogP contribution in [-0.4, -0.2) is 22.8 Å². The minimum Gasteiger partial charge on any atom is -0.461 e. The lowest BCUT2D eigenvalue weighted by Gasteiger charge is -2.42. The second-order valence-electron chi connectivity index (χ2n) is 4.64. The van der Waals surface area contributed by atoms with E-state index in [-0.39, 0.29) is 29.8 Å². The van der Waals surface area contributed by atoms with Crippen molar-refractivity contribution in [2.75, 3.05) is 0 Å². The Hall–Kier alpha value is -0.830. The van der Waals surface area contributed by atoms with Gasteiger partial charge < -0.3 is 9.84 Å². The molecule has 1 saturated heterocycles. The van der Waals surface area contributed by atoms with Crippen LogP contribution in [0.25, 0.3) is 0 Å². The molecule has 3 nitrogen and oxygen atoms in total. The van der Waals surface area contributed by atoms with E-state index in [4.69, 9.17) is 4.74 Å². The number of rotatable bonds is 0. The summed E-state index contributed by atoms with van der Waals surface area (Å²) in [6, 6.07) is 0. The van der Waals surface area contributed by atoms with Crippen LogP contribution in [-0.2, 0) is 9.53 Å². The van der Waals surface area contributed by atoms with Crippen molar-refractivity contribution < 1.29 is 14.6 Å². The minimum absolute atomic E-state index is 0.0528. The number of carbonyl (C=O) groups is 1. The Kier molecular flexibility index (Phi) is 1.06. The van der Waals surface area contributed by atoms with Crippen LogP contribution in [0.3, 0.4) is 0 Å². The Morgan fingerprint density at radius 3 is 3.08 bits per heavy atom. The second-order valence-corrected chi connectivity index (χ2v) is 4.64. The van der Waals surface area contributed by atoms with E-state index in [9.17, 15) is 9.90 Å². The summed E-state index contributed by atoms with van der Waals surface area (Å²) in [4.78, 5) is 11.3. The predicted octanol–water partition coefficient (Wildman–Crippen LogP) is 0.485. The fourth-order valence-electron chi connectivity index (χ4n) is 3.33. The van der Waals surface area contributed by atoms with Gasteiger partial charge in [0.1, 0.15) is 6.10 Å². The average molecular weight is 180 g/mol. The van der Waals surface area contributed by atoms with Gasteiger partial charge in [0.25, 0.3) is 0 Å². The summed E-state index contributed by atoms with van der Waals surface area (Å²) in [5, 5.41) is 10.0. The molecule has 5 atom stereocenters. The molecule has 0 unspecified atom stereocenters. The van der Waals surface area contributed by atoms with Gasteiger partial charge in [0.15, 0.2) is 0 Å². The van der Waals surface area contributed by atoms with E-state index < -0.39 is 5.60 Å². The second kappa shape index (κ2) is 1.82. The van der Waals surface area contributed by atoms with Crippen molar-refractivity contribution in [2.45, 2.75) is 25.0 Å². The van der Waals surface area contributed by atoms with E-state index in [1.807, 2.05) is 6.92 Å². The van der Waals surface area contributed by atoms with Gasteiger partial charge >= 0.3 is 5.97 Å². The number of esters is 1. The van der Waals surface area contributed by atoms with Gasteiger partial charge in [-0.3, -0.25) is 4.79 Å². The molecular formula is C10H12O3. The maximum absolute atomic E-state index is 11.3. The van der Waals surface area contributed by atoms with Gasteiger partial charge in [-0.05, 0) is 6.92 Å².